The Kier molecular flexibility index (Phi) is 11.7. The standard InChI is InChI=1S/C21H33N5OS.HI/c1-16(25(4)13-18-10-8-7-9-11-18)12-23-21(22-3)26(5)14-19-15-28-20(24-19)17(2)27-6;/h7-11,15-17H,12-14H2,1-6H3,(H,22,23);1H. The number of thiazole rings is 1. The van der Waals surface area contributed by atoms with E-state index in [4.69, 9.17) is 4.74 Å². The van der Waals surface area contributed by atoms with Gasteiger partial charge in [-0.05, 0) is 26.5 Å². The van der Waals surface area contributed by atoms with Crippen molar-refractivity contribution in [2.24, 2.45) is 4.99 Å². The largest absolute Gasteiger partial charge is 0.375 e. The fraction of sp³-hybridized carbons (Fsp3) is 0.524. The highest BCUT2D eigenvalue weighted by atomic mass is 127. The van der Waals surface area contributed by atoms with Gasteiger partial charge in [0.15, 0.2) is 5.96 Å². The Labute approximate surface area is 196 Å². The Morgan fingerprint density at radius 1 is 1.21 bits per heavy atom. The summed E-state index contributed by atoms with van der Waals surface area (Å²) < 4.78 is 5.35. The molecular weight excluding hydrogens is 497 g/mol. The first-order chi connectivity index (χ1) is 13.4. The number of aliphatic imine (C=N–C) groups is 1. The summed E-state index contributed by atoms with van der Waals surface area (Å²) in [6.07, 6.45) is 0.0301. The Balaban J connectivity index is 0.00000420. The molecule has 29 heavy (non-hydrogen) atoms. The molecule has 0 spiro atoms. The number of halogens is 1. The zero-order valence-corrected chi connectivity index (χ0v) is 21.4. The van der Waals surface area contributed by atoms with E-state index in [2.05, 4.69) is 74.8 Å². The van der Waals surface area contributed by atoms with Gasteiger partial charge in [0, 0.05) is 45.7 Å². The van der Waals surface area contributed by atoms with E-state index in [1.54, 1.807) is 18.4 Å². The van der Waals surface area contributed by atoms with Crippen LogP contribution in [0.2, 0.25) is 0 Å². The fourth-order valence-corrected chi connectivity index (χ4v) is 3.65. The lowest BCUT2D eigenvalue weighted by atomic mass is 10.2. The van der Waals surface area contributed by atoms with Crippen LogP contribution in [-0.2, 0) is 17.8 Å². The van der Waals surface area contributed by atoms with Crippen molar-refractivity contribution in [3.8, 4) is 0 Å². The topological polar surface area (TPSA) is 53.0 Å². The average Bonchev–Trinajstić information content (AvgIpc) is 3.16. The molecule has 0 aliphatic carbocycles. The molecule has 0 aliphatic heterocycles. The van der Waals surface area contributed by atoms with Crippen molar-refractivity contribution in [3.05, 3.63) is 52.0 Å². The summed E-state index contributed by atoms with van der Waals surface area (Å²) in [5, 5.41) is 6.57. The molecule has 0 saturated heterocycles. The number of likely N-dealkylation sites (N-methyl/N-ethyl adjacent to an activating group) is 1. The lowest BCUT2D eigenvalue weighted by Gasteiger charge is -2.28. The molecule has 162 valence electrons. The number of aromatic nitrogens is 1. The molecule has 0 aliphatic rings. The van der Waals surface area contributed by atoms with Gasteiger partial charge in [-0.1, -0.05) is 30.3 Å². The summed E-state index contributed by atoms with van der Waals surface area (Å²) in [5.41, 5.74) is 2.35. The second-order valence-corrected chi connectivity index (χ2v) is 7.98. The Bertz CT molecular complexity index is 740. The minimum atomic E-state index is 0. The van der Waals surface area contributed by atoms with Crippen molar-refractivity contribution in [1.29, 1.82) is 0 Å². The molecule has 1 N–H and O–H groups in total. The molecular formula is C21H34IN5OS. The molecule has 2 aromatic rings. The minimum absolute atomic E-state index is 0. The summed E-state index contributed by atoms with van der Waals surface area (Å²) in [5.74, 6) is 0.870. The molecule has 1 aromatic heterocycles. The number of nitrogens with zero attached hydrogens (tertiary/aromatic N) is 4. The maximum atomic E-state index is 5.35. The van der Waals surface area contributed by atoms with Crippen LogP contribution < -0.4 is 5.32 Å². The molecule has 6 nitrogen and oxygen atoms in total. The fourth-order valence-electron chi connectivity index (χ4n) is 2.81. The third kappa shape index (κ3) is 8.19. The van der Waals surface area contributed by atoms with Gasteiger partial charge in [0.05, 0.1) is 12.2 Å². The van der Waals surface area contributed by atoms with Crippen LogP contribution in [-0.4, -0.2) is 61.6 Å². The molecule has 2 unspecified atom stereocenters. The van der Waals surface area contributed by atoms with Gasteiger partial charge in [-0.3, -0.25) is 9.89 Å². The van der Waals surface area contributed by atoms with E-state index < -0.39 is 0 Å². The van der Waals surface area contributed by atoms with Gasteiger partial charge in [-0.15, -0.1) is 35.3 Å². The van der Waals surface area contributed by atoms with Crippen LogP contribution in [0.15, 0.2) is 40.7 Å². The molecule has 1 aromatic carbocycles. The van der Waals surface area contributed by atoms with Crippen LogP contribution >= 0.6 is 35.3 Å². The third-order valence-electron chi connectivity index (χ3n) is 4.83. The molecule has 2 atom stereocenters. The van der Waals surface area contributed by atoms with E-state index in [1.807, 2.05) is 21.0 Å². The van der Waals surface area contributed by atoms with Crippen LogP contribution in [0.3, 0.4) is 0 Å². The van der Waals surface area contributed by atoms with Gasteiger partial charge >= 0.3 is 0 Å². The summed E-state index contributed by atoms with van der Waals surface area (Å²) in [6.45, 7) is 6.70. The van der Waals surface area contributed by atoms with E-state index in [-0.39, 0.29) is 30.1 Å². The van der Waals surface area contributed by atoms with Crippen molar-refractivity contribution in [2.75, 3.05) is 34.8 Å². The normalized spacial score (nSPS) is 13.7. The smallest absolute Gasteiger partial charge is 0.193 e. The van der Waals surface area contributed by atoms with Gasteiger partial charge in [0.1, 0.15) is 11.1 Å². The Morgan fingerprint density at radius 2 is 1.90 bits per heavy atom. The SMILES string of the molecule is CN=C(NCC(C)N(C)Cc1ccccc1)N(C)Cc1csc(C(C)OC)n1.I. The predicted octanol–water partition coefficient (Wildman–Crippen LogP) is 4.00. The number of guanidine groups is 1. The highest BCUT2D eigenvalue weighted by molar-refractivity contribution is 14.0. The van der Waals surface area contributed by atoms with Gasteiger partial charge in [0.2, 0.25) is 0 Å². The number of rotatable bonds is 9. The molecule has 0 bridgehead atoms. The minimum Gasteiger partial charge on any atom is -0.375 e. The van der Waals surface area contributed by atoms with Crippen LogP contribution in [0.4, 0.5) is 0 Å². The summed E-state index contributed by atoms with van der Waals surface area (Å²) >= 11 is 1.64. The lowest BCUT2D eigenvalue weighted by molar-refractivity contribution is 0.119. The zero-order chi connectivity index (χ0) is 20.5. The number of hydrogen-bond acceptors (Lipinski definition) is 5. The number of hydrogen-bond donors (Lipinski definition) is 1. The number of benzene rings is 1. The van der Waals surface area contributed by atoms with Gasteiger partial charge in [0.25, 0.3) is 0 Å². The zero-order valence-electron chi connectivity index (χ0n) is 18.3. The van der Waals surface area contributed by atoms with Crippen LogP contribution in [0.5, 0.6) is 0 Å². The maximum Gasteiger partial charge on any atom is 0.193 e. The van der Waals surface area contributed by atoms with E-state index >= 15 is 0 Å². The summed E-state index contributed by atoms with van der Waals surface area (Å²) in [6, 6.07) is 10.9. The maximum absolute atomic E-state index is 5.35. The molecule has 0 saturated carbocycles. The van der Waals surface area contributed by atoms with Crippen molar-refractivity contribution >= 4 is 41.3 Å². The molecule has 8 heteroatoms. The number of methoxy groups -OCH3 is 1. The van der Waals surface area contributed by atoms with Crippen molar-refractivity contribution in [2.45, 2.75) is 39.1 Å². The highest BCUT2D eigenvalue weighted by Crippen LogP contribution is 2.20. The van der Waals surface area contributed by atoms with E-state index in [1.165, 1.54) is 5.56 Å². The molecule has 0 amide bonds. The van der Waals surface area contributed by atoms with Crippen LogP contribution in [0.25, 0.3) is 0 Å². The highest BCUT2D eigenvalue weighted by Gasteiger charge is 2.14. The van der Waals surface area contributed by atoms with Crippen molar-refractivity contribution in [3.63, 3.8) is 0 Å². The van der Waals surface area contributed by atoms with E-state index in [9.17, 15) is 0 Å². The Hall–Kier alpha value is -1.23. The molecule has 0 radical (unpaired) electrons. The van der Waals surface area contributed by atoms with Crippen molar-refractivity contribution < 1.29 is 4.74 Å². The summed E-state index contributed by atoms with van der Waals surface area (Å²) in [4.78, 5) is 13.5. The second kappa shape index (κ2) is 13.1. The van der Waals surface area contributed by atoms with Crippen LogP contribution in [0.1, 0.15) is 36.2 Å². The summed E-state index contributed by atoms with van der Waals surface area (Å²) in [7, 11) is 7.71. The van der Waals surface area contributed by atoms with Gasteiger partial charge in [-0.25, -0.2) is 4.98 Å². The van der Waals surface area contributed by atoms with Crippen LogP contribution in [0, 0.1) is 0 Å². The van der Waals surface area contributed by atoms with Crippen molar-refractivity contribution in [1.82, 2.24) is 20.1 Å². The van der Waals surface area contributed by atoms with E-state index in [0.717, 1.165) is 29.8 Å². The predicted molar refractivity (Wildman–Crippen MR) is 133 cm³/mol. The van der Waals surface area contributed by atoms with Gasteiger partial charge in [-0.2, -0.15) is 0 Å². The first kappa shape index (κ1) is 25.8. The quantitative estimate of drug-likeness (QED) is 0.301. The molecule has 0 fully saturated rings. The molecule has 2 rings (SSSR count). The number of ether oxygens (including phenoxy) is 1. The average molecular weight is 532 g/mol. The first-order valence-corrected chi connectivity index (χ1v) is 10.5. The monoisotopic (exact) mass is 531 g/mol. The van der Waals surface area contributed by atoms with Gasteiger partial charge < -0.3 is 15.0 Å². The first-order valence-electron chi connectivity index (χ1n) is 9.57. The lowest BCUT2D eigenvalue weighted by Crippen LogP contribution is -2.45. The third-order valence-corrected chi connectivity index (χ3v) is 5.88. The molecule has 1 heterocycles. The van der Waals surface area contributed by atoms with E-state index in [0.29, 0.717) is 12.6 Å². The second-order valence-electron chi connectivity index (χ2n) is 7.09. The Morgan fingerprint density at radius 3 is 2.52 bits per heavy atom. The number of nitrogens with one attached hydrogen (secondary N) is 1.